The minimum Gasteiger partial charge on any atom is -0.149 e. The lowest BCUT2D eigenvalue weighted by molar-refractivity contribution is -0.586. The van der Waals surface area contributed by atoms with E-state index in [1.165, 1.54) is 27.5 Å². The molecule has 0 radical (unpaired) electrons. The summed E-state index contributed by atoms with van der Waals surface area (Å²) in [5.74, 6) is 0.320. The zero-order valence-corrected chi connectivity index (χ0v) is 21.4. The van der Waals surface area contributed by atoms with Gasteiger partial charge in [-0.2, -0.15) is 0 Å². The number of benzene rings is 2. The molecule has 0 bridgehead atoms. The predicted molar refractivity (Wildman–Crippen MR) is 137 cm³/mol. The van der Waals surface area contributed by atoms with Gasteiger partial charge >= 0.3 is 0 Å². The van der Waals surface area contributed by atoms with Crippen molar-refractivity contribution >= 4 is 40.5 Å². The molecule has 0 saturated carbocycles. The summed E-state index contributed by atoms with van der Waals surface area (Å²) in [5, 5.41) is 4.57. The number of aromatic nitrogens is 2. The van der Waals surface area contributed by atoms with E-state index < -0.39 is 14.9 Å². The van der Waals surface area contributed by atoms with Gasteiger partial charge in [-0.3, -0.25) is 0 Å². The van der Waals surface area contributed by atoms with Crippen LogP contribution in [-0.2, 0) is 5.04 Å². The molecule has 2 nitrogen and oxygen atoms in total. The first kappa shape index (κ1) is 17.4. The lowest BCUT2D eigenvalue weighted by Gasteiger charge is -2.43. The molecule has 2 aromatic heterocycles. The van der Waals surface area contributed by atoms with Crippen molar-refractivity contribution in [3.05, 3.63) is 52.7 Å². The highest BCUT2D eigenvalue weighted by Gasteiger charge is 2.52. The van der Waals surface area contributed by atoms with E-state index in [0.29, 0.717) is 11.5 Å². The largest absolute Gasteiger partial charge is 0.247 e. The first-order valence-corrected chi connectivity index (χ1v) is 14.6. The Morgan fingerprint density at radius 1 is 1.00 bits per heavy atom. The molecule has 0 N–H and O–H groups in total. The molecule has 1 aliphatic heterocycles. The molecule has 0 atom stereocenters. The maximum absolute atomic E-state index is 8.44. The fourth-order valence-corrected chi connectivity index (χ4v) is 9.58. The van der Waals surface area contributed by atoms with Gasteiger partial charge in [0, 0.05) is 20.2 Å². The maximum Gasteiger partial charge on any atom is 0.247 e. The summed E-state index contributed by atoms with van der Waals surface area (Å²) in [6.07, 6.45) is 0. The molecular weight excluding hydrogens is 392 g/mol. The number of para-hydroxylation sites is 1. The summed E-state index contributed by atoms with van der Waals surface area (Å²) >= 11 is 0. The van der Waals surface area contributed by atoms with Crippen LogP contribution in [0.25, 0.3) is 27.2 Å². The molecular formula is C28H37N2Si+. The van der Waals surface area contributed by atoms with Crippen LogP contribution in [0, 0.1) is 13.8 Å². The Hall–Kier alpha value is -2.13. The summed E-state index contributed by atoms with van der Waals surface area (Å²) < 4.78 is 30.3. The quantitative estimate of drug-likeness (QED) is 0.192. The predicted octanol–water partition coefficient (Wildman–Crippen LogP) is 6.60. The molecule has 0 spiro atoms. The third-order valence-electron chi connectivity index (χ3n) is 8.33. The second-order valence-electron chi connectivity index (χ2n) is 11.1. The van der Waals surface area contributed by atoms with Gasteiger partial charge in [0.2, 0.25) is 11.0 Å². The van der Waals surface area contributed by atoms with Gasteiger partial charge in [0.15, 0.2) is 0 Å². The number of aryl methyl sites for hydroxylation is 1. The molecule has 0 unspecified atom stereocenters. The molecule has 31 heavy (non-hydrogen) atoms. The van der Waals surface area contributed by atoms with E-state index in [1.54, 1.807) is 0 Å². The Kier molecular flexibility index (Phi) is 3.50. The van der Waals surface area contributed by atoms with Crippen LogP contribution in [-0.4, -0.2) is 12.8 Å². The molecule has 0 saturated heterocycles. The van der Waals surface area contributed by atoms with Crippen molar-refractivity contribution in [1.29, 1.82) is 0 Å². The fourth-order valence-electron chi connectivity index (χ4n) is 6.23. The van der Waals surface area contributed by atoms with Crippen molar-refractivity contribution in [1.82, 2.24) is 4.68 Å². The zero-order valence-electron chi connectivity index (χ0n) is 23.4. The fraction of sp³-hybridized carbons (Fsp3) is 0.464. The van der Waals surface area contributed by atoms with E-state index in [0.717, 1.165) is 21.7 Å². The summed E-state index contributed by atoms with van der Waals surface area (Å²) in [6, 6.07) is 10.8. The normalized spacial score (nSPS) is 19.0. The number of nitrogens with zero attached hydrogens (tertiary/aromatic N) is 2. The third kappa shape index (κ3) is 2.31. The van der Waals surface area contributed by atoms with Gasteiger partial charge in [0.05, 0.1) is 22.5 Å². The number of fused-ring (bicyclic) bond motifs is 3. The molecule has 0 aliphatic carbocycles. The lowest BCUT2D eigenvalue weighted by Crippen LogP contribution is -2.60. The average Bonchev–Trinajstić information content (AvgIpc) is 3.04. The van der Waals surface area contributed by atoms with Crippen LogP contribution in [0.15, 0.2) is 30.3 Å². The minimum atomic E-state index is -2.18. The average molecular weight is 433 g/mol. The second-order valence-corrected chi connectivity index (χ2v) is 16.1. The number of pyridine rings is 1. The summed E-state index contributed by atoms with van der Waals surface area (Å²) in [4.78, 5) is 0. The Labute approximate surface area is 192 Å². The van der Waals surface area contributed by atoms with E-state index in [9.17, 15) is 0 Å². The van der Waals surface area contributed by atoms with Crippen LogP contribution in [0.3, 0.4) is 0 Å². The zero-order chi connectivity index (χ0) is 25.1. The summed E-state index contributed by atoms with van der Waals surface area (Å²) in [5.41, 5.74) is 6.78. The van der Waals surface area contributed by atoms with Crippen molar-refractivity contribution in [2.75, 3.05) is 0 Å². The van der Waals surface area contributed by atoms with Gasteiger partial charge in [0.1, 0.15) is 8.07 Å². The van der Waals surface area contributed by atoms with Crippen LogP contribution < -0.4 is 9.70 Å². The van der Waals surface area contributed by atoms with Crippen LogP contribution in [0.5, 0.6) is 0 Å². The Bertz CT molecular complexity index is 1500. The van der Waals surface area contributed by atoms with E-state index in [2.05, 4.69) is 95.0 Å². The summed E-state index contributed by atoms with van der Waals surface area (Å²) in [7, 11) is -1.99. The van der Waals surface area contributed by atoms with Crippen LogP contribution in [0.2, 0.25) is 13.1 Å². The van der Waals surface area contributed by atoms with E-state index in [4.69, 9.17) is 4.11 Å². The third-order valence-corrected chi connectivity index (χ3v) is 13.6. The Morgan fingerprint density at radius 2 is 1.71 bits per heavy atom. The lowest BCUT2D eigenvalue weighted by atomic mass is 9.88. The van der Waals surface area contributed by atoms with Crippen molar-refractivity contribution in [3.63, 3.8) is 0 Å². The van der Waals surface area contributed by atoms with Gasteiger partial charge in [-0.25, -0.2) is 0 Å². The molecule has 3 heterocycles. The van der Waals surface area contributed by atoms with Gasteiger partial charge in [0.25, 0.3) is 0 Å². The minimum absolute atomic E-state index is 0.0315. The molecule has 3 heteroatoms. The smallest absolute Gasteiger partial charge is 0.149 e. The monoisotopic (exact) mass is 432 g/mol. The highest BCUT2D eigenvalue weighted by molar-refractivity contribution is 6.94. The van der Waals surface area contributed by atoms with Gasteiger partial charge in [-0.1, -0.05) is 69.6 Å². The van der Waals surface area contributed by atoms with Gasteiger partial charge in [-0.15, -0.1) is 4.68 Å². The number of hydrogen-bond donors (Lipinski definition) is 0. The van der Waals surface area contributed by atoms with Crippen LogP contribution in [0.4, 0.5) is 0 Å². The molecule has 5 rings (SSSR count). The SMILES string of the molecule is [2H]C([2H])([2H])c1ccc2c3c1c1cccc(C(C)C)c1[n+]1c3c(c(C)n1C(C)C)[Si](C)(C)C2(C)C. The molecule has 1 aliphatic rings. The molecule has 2 aromatic carbocycles. The van der Waals surface area contributed by atoms with Crippen molar-refractivity contribution in [2.24, 2.45) is 0 Å². The topological polar surface area (TPSA) is 9.03 Å². The Balaban J connectivity index is 2.29. The van der Waals surface area contributed by atoms with Crippen LogP contribution in [0.1, 0.15) is 80.0 Å². The van der Waals surface area contributed by atoms with E-state index >= 15 is 0 Å². The Morgan fingerprint density at radius 3 is 2.32 bits per heavy atom. The molecule has 0 amide bonds. The molecule has 162 valence electrons. The highest BCUT2D eigenvalue weighted by Crippen LogP contribution is 2.46. The standard InChI is InChI=1S/C28H37N2Si/c1-16(2)20-12-11-13-21-23-18(5)14-15-22-24(23)26-27(31(9,10)28(22,7)8)19(6)29(17(3)4)30(26)25(20)21/h11-17H,1-10H3/q+1/i5D3. The highest BCUT2D eigenvalue weighted by atomic mass is 28.3. The first-order valence-electron chi connectivity index (χ1n) is 13.1. The van der Waals surface area contributed by atoms with Crippen molar-refractivity contribution in [2.45, 2.75) is 85.4 Å². The molecule has 4 aromatic rings. The van der Waals surface area contributed by atoms with E-state index in [-0.39, 0.29) is 11.1 Å². The number of rotatable bonds is 2. The van der Waals surface area contributed by atoms with Gasteiger partial charge in [-0.05, 0) is 55.8 Å². The van der Waals surface area contributed by atoms with Crippen LogP contribution >= 0.6 is 0 Å². The van der Waals surface area contributed by atoms with Crippen molar-refractivity contribution < 1.29 is 8.63 Å². The molecule has 0 fully saturated rings. The first-order chi connectivity index (χ1) is 15.6. The number of hydrogen-bond acceptors (Lipinski definition) is 0. The van der Waals surface area contributed by atoms with Crippen molar-refractivity contribution in [3.8, 4) is 0 Å². The maximum atomic E-state index is 8.44. The second kappa shape index (κ2) is 6.22. The van der Waals surface area contributed by atoms with E-state index in [1.807, 2.05) is 6.07 Å². The summed E-state index contributed by atoms with van der Waals surface area (Å²) in [6.45, 7) is 18.8. The van der Waals surface area contributed by atoms with Gasteiger partial charge < -0.3 is 0 Å².